The van der Waals surface area contributed by atoms with Gasteiger partial charge in [-0.1, -0.05) is 24.9 Å². The first-order valence-corrected chi connectivity index (χ1v) is 7.78. The van der Waals surface area contributed by atoms with E-state index in [2.05, 4.69) is 22.1 Å². The lowest BCUT2D eigenvalue weighted by atomic mass is 10.1. The molecule has 0 fully saturated rings. The van der Waals surface area contributed by atoms with E-state index in [1.165, 1.54) is 0 Å². The van der Waals surface area contributed by atoms with E-state index in [0.29, 0.717) is 18.8 Å². The number of aromatic nitrogens is 4. The van der Waals surface area contributed by atoms with Gasteiger partial charge in [0.25, 0.3) is 5.56 Å². The molecule has 2 aromatic rings. The molecule has 0 spiro atoms. The molecule has 8 heteroatoms. The number of halogens is 1. The average Bonchev–Trinajstić information content (AvgIpc) is 2.82. The van der Waals surface area contributed by atoms with Crippen molar-refractivity contribution < 1.29 is 0 Å². The molecule has 0 aliphatic carbocycles. The third-order valence-electron chi connectivity index (χ3n) is 4.00. The van der Waals surface area contributed by atoms with Gasteiger partial charge in [-0.15, -0.1) is 0 Å². The Morgan fingerprint density at radius 3 is 3.00 bits per heavy atom. The van der Waals surface area contributed by atoms with Gasteiger partial charge in [0, 0.05) is 25.2 Å². The minimum Gasteiger partial charge on any atom is -0.363 e. The first-order valence-electron chi connectivity index (χ1n) is 7.40. The van der Waals surface area contributed by atoms with Gasteiger partial charge in [0.05, 0.1) is 24.1 Å². The van der Waals surface area contributed by atoms with E-state index >= 15 is 0 Å². The van der Waals surface area contributed by atoms with Gasteiger partial charge in [0.2, 0.25) is 0 Å². The van der Waals surface area contributed by atoms with Crippen LogP contribution in [-0.4, -0.2) is 26.3 Å². The minimum atomic E-state index is -0.404. The molecule has 2 N–H and O–H groups in total. The van der Waals surface area contributed by atoms with Gasteiger partial charge in [-0.3, -0.25) is 9.36 Å². The Balaban J connectivity index is 1.90. The summed E-state index contributed by atoms with van der Waals surface area (Å²) >= 11 is 6.06. The standard InChI is InChI=1S/C14H18ClN5O2/c1-2-3-5-20-10-4-6-19(8-9(10)17-14(20)22)11-7-16-18-13(21)12(11)15/h7H,2-6,8H2,1H3,(H,17,22)(H,18,21). The summed E-state index contributed by atoms with van der Waals surface area (Å²) in [6.07, 6.45) is 4.31. The van der Waals surface area contributed by atoms with Gasteiger partial charge in [-0.25, -0.2) is 9.89 Å². The van der Waals surface area contributed by atoms with Crippen molar-refractivity contribution in [3.05, 3.63) is 43.4 Å². The van der Waals surface area contributed by atoms with Crippen molar-refractivity contribution in [1.29, 1.82) is 0 Å². The number of fused-ring (bicyclic) bond motifs is 1. The fourth-order valence-corrected chi connectivity index (χ4v) is 3.05. The Hall–Kier alpha value is -2.02. The molecule has 0 aromatic carbocycles. The highest BCUT2D eigenvalue weighted by Crippen LogP contribution is 2.26. The molecular weight excluding hydrogens is 306 g/mol. The normalized spacial score (nSPS) is 14.2. The smallest absolute Gasteiger partial charge is 0.325 e. The van der Waals surface area contributed by atoms with Crippen LogP contribution in [0.2, 0.25) is 5.02 Å². The maximum absolute atomic E-state index is 12.1. The van der Waals surface area contributed by atoms with Crippen molar-refractivity contribution in [3.63, 3.8) is 0 Å². The van der Waals surface area contributed by atoms with Crippen LogP contribution >= 0.6 is 11.6 Å². The molecule has 0 saturated carbocycles. The Labute approximate surface area is 131 Å². The molecule has 3 rings (SSSR count). The second-order valence-electron chi connectivity index (χ2n) is 5.43. The van der Waals surface area contributed by atoms with Crippen molar-refractivity contribution in [3.8, 4) is 0 Å². The van der Waals surface area contributed by atoms with E-state index in [4.69, 9.17) is 11.6 Å². The SMILES string of the molecule is CCCCn1c2c([nH]c1=O)CN(c1cn[nH]c(=O)c1Cl)CC2. The molecule has 7 nitrogen and oxygen atoms in total. The number of imidazole rings is 1. The highest BCUT2D eigenvalue weighted by molar-refractivity contribution is 6.32. The number of nitrogens with zero attached hydrogens (tertiary/aromatic N) is 3. The van der Waals surface area contributed by atoms with Gasteiger partial charge >= 0.3 is 5.69 Å². The lowest BCUT2D eigenvalue weighted by Crippen LogP contribution is -2.33. The monoisotopic (exact) mass is 323 g/mol. The Morgan fingerprint density at radius 2 is 2.23 bits per heavy atom. The van der Waals surface area contributed by atoms with E-state index in [1.807, 2.05) is 9.47 Å². The number of rotatable bonds is 4. The largest absolute Gasteiger partial charge is 0.363 e. The number of unbranched alkanes of at least 4 members (excludes halogenated alkanes) is 1. The average molecular weight is 324 g/mol. The van der Waals surface area contributed by atoms with Crippen LogP contribution in [0, 0.1) is 0 Å². The zero-order chi connectivity index (χ0) is 15.7. The third kappa shape index (κ3) is 2.56. The van der Waals surface area contributed by atoms with Crippen LogP contribution in [0.4, 0.5) is 5.69 Å². The molecule has 0 saturated heterocycles. The van der Waals surface area contributed by atoms with Crippen molar-refractivity contribution in [2.45, 2.75) is 39.3 Å². The molecule has 0 radical (unpaired) electrons. The van der Waals surface area contributed by atoms with Crippen molar-refractivity contribution >= 4 is 17.3 Å². The summed E-state index contributed by atoms with van der Waals surface area (Å²) in [5.74, 6) is 0. The molecule has 3 heterocycles. The van der Waals surface area contributed by atoms with E-state index in [9.17, 15) is 9.59 Å². The summed E-state index contributed by atoms with van der Waals surface area (Å²) in [6.45, 7) is 4.07. The number of hydrogen-bond acceptors (Lipinski definition) is 4. The molecule has 0 atom stereocenters. The summed E-state index contributed by atoms with van der Waals surface area (Å²) in [5.41, 5.74) is 2.08. The van der Waals surface area contributed by atoms with E-state index in [1.54, 1.807) is 6.20 Å². The topological polar surface area (TPSA) is 86.8 Å². The molecule has 1 aliphatic rings. The lowest BCUT2D eigenvalue weighted by Gasteiger charge is -2.29. The maximum atomic E-state index is 12.1. The molecule has 22 heavy (non-hydrogen) atoms. The highest BCUT2D eigenvalue weighted by Gasteiger charge is 2.24. The first kappa shape index (κ1) is 14.9. The van der Waals surface area contributed by atoms with Gasteiger partial charge < -0.3 is 9.88 Å². The second kappa shape index (κ2) is 6.00. The highest BCUT2D eigenvalue weighted by atomic mass is 35.5. The van der Waals surface area contributed by atoms with Gasteiger partial charge in [-0.2, -0.15) is 5.10 Å². The predicted molar refractivity (Wildman–Crippen MR) is 84.6 cm³/mol. The maximum Gasteiger partial charge on any atom is 0.325 e. The summed E-state index contributed by atoms with van der Waals surface area (Å²) in [4.78, 5) is 28.5. The fraction of sp³-hybridized carbons (Fsp3) is 0.500. The Morgan fingerprint density at radius 1 is 1.41 bits per heavy atom. The summed E-state index contributed by atoms with van der Waals surface area (Å²) in [5, 5.41) is 6.24. The van der Waals surface area contributed by atoms with E-state index < -0.39 is 5.56 Å². The molecule has 1 aliphatic heterocycles. The number of anilines is 1. The van der Waals surface area contributed by atoms with Crippen LogP contribution < -0.4 is 16.1 Å². The minimum absolute atomic E-state index is 0.0598. The van der Waals surface area contributed by atoms with Gasteiger partial charge in [0.1, 0.15) is 5.02 Å². The fourth-order valence-electron chi connectivity index (χ4n) is 2.83. The lowest BCUT2D eigenvalue weighted by molar-refractivity contribution is 0.578. The van der Waals surface area contributed by atoms with Crippen LogP contribution in [0.3, 0.4) is 0 Å². The second-order valence-corrected chi connectivity index (χ2v) is 5.81. The molecule has 0 bridgehead atoms. The molecule has 118 valence electrons. The molecule has 0 unspecified atom stereocenters. The quantitative estimate of drug-likeness (QED) is 0.887. The number of aromatic amines is 2. The van der Waals surface area contributed by atoms with Gasteiger partial charge in [0.15, 0.2) is 0 Å². The van der Waals surface area contributed by atoms with Crippen molar-refractivity contribution in [2.75, 3.05) is 11.4 Å². The number of hydrogen-bond donors (Lipinski definition) is 2. The molecule has 2 aromatic heterocycles. The van der Waals surface area contributed by atoms with Crippen LogP contribution in [0.1, 0.15) is 31.2 Å². The van der Waals surface area contributed by atoms with Crippen LogP contribution in [0.5, 0.6) is 0 Å². The Bertz CT molecular complexity index is 791. The van der Waals surface area contributed by atoms with Crippen LogP contribution in [0.25, 0.3) is 0 Å². The van der Waals surface area contributed by atoms with Gasteiger partial charge in [-0.05, 0) is 6.42 Å². The predicted octanol–water partition coefficient (Wildman–Crippen LogP) is 1.28. The summed E-state index contributed by atoms with van der Waals surface area (Å²) in [7, 11) is 0. The van der Waals surface area contributed by atoms with Crippen LogP contribution in [-0.2, 0) is 19.5 Å². The zero-order valence-corrected chi connectivity index (χ0v) is 13.1. The number of H-pyrrole nitrogens is 2. The van der Waals surface area contributed by atoms with Crippen LogP contribution in [0.15, 0.2) is 15.8 Å². The first-order chi connectivity index (χ1) is 10.6. The van der Waals surface area contributed by atoms with Crippen molar-refractivity contribution in [1.82, 2.24) is 19.7 Å². The third-order valence-corrected chi connectivity index (χ3v) is 4.36. The zero-order valence-electron chi connectivity index (χ0n) is 12.4. The summed E-state index contributed by atoms with van der Waals surface area (Å²) in [6, 6.07) is 0. The Kier molecular flexibility index (Phi) is 4.06. The van der Waals surface area contributed by atoms with Crippen molar-refractivity contribution in [2.24, 2.45) is 0 Å². The molecule has 0 amide bonds. The number of nitrogens with one attached hydrogen (secondary N) is 2. The van der Waals surface area contributed by atoms with E-state index in [0.717, 1.165) is 37.2 Å². The van der Waals surface area contributed by atoms with E-state index in [-0.39, 0.29) is 10.7 Å². The molecular formula is C14H18ClN5O2. The summed E-state index contributed by atoms with van der Waals surface area (Å²) < 4.78 is 1.83.